The molecule has 0 fully saturated rings. The Morgan fingerprint density at radius 2 is 1.47 bits per heavy atom. The van der Waals surface area contributed by atoms with Crippen LogP contribution in [0.4, 0.5) is 0 Å². The average molecular weight is 403 g/mol. The van der Waals surface area contributed by atoms with E-state index < -0.39 is 0 Å². The number of hydrogen-bond acceptors (Lipinski definition) is 2. The van der Waals surface area contributed by atoms with E-state index >= 15 is 0 Å². The molecule has 3 heteroatoms. The number of aromatic nitrogens is 2. The van der Waals surface area contributed by atoms with Crippen LogP contribution in [-0.4, -0.2) is 9.55 Å². The number of imidazole rings is 1. The highest BCUT2D eigenvalue weighted by Gasteiger charge is 2.25. The van der Waals surface area contributed by atoms with Crippen molar-refractivity contribution in [1.82, 2.24) is 9.55 Å². The number of rotatable bonds is 3. The van der Waals surface area contributed by atoms with Gasteiger partial charge in [0.1, 0.15) is 5.82 Å². The van der Waals surface area contributed by atoms with Gasteiger partial charge in [-0.05, 0) is 29.3 Å². The molecular formula is C27H18N2S. The molecule has 0 amide bonds. The quantitative estimate of drug-likeness (QED) is 0.288. The summed E-state index contributed by atoms with van der Waals surface area (Å²) in [6.07, 6.45) is 4.39. The largest absolute Gasteiger partial charge is 0.290 e. The number of fused-ring (bicyclic) bond motifs is 2. The second-order valence-electron chi connectivity index (χ2n) is 7.30. The molecule has 30 heavy (non-hydrogen) atoms. The summed E-state index contributed by atoms with van der Waals surface area (Å²) in [6.45, 7) is 0. The Labute approximate surface area is 179 Å². The van der Waals surface area contributed by atoms with Gasteiger partial charge in [-0.2, -0.15) is 0 Å². The smallest absolute Gasteiger partial charge is 0.145 e. The molecule has 2 heterocycles. The molecule has 1 aliphatic heterocycles. The molecule has 0 aliphatic carbocycles. The monoisotopic (exact) mass is 402 g/mol. The Morgan fingerprint density at radius 1 is 0.700 bits per heavy atom. The van der Waals surface area contributed by atoms with Gasteiger partial charge in [-0.15, -0.1) is 0 Å². The number of benzene rings is 4. The fourth-order valence-corrected chi connectivity index (χ4v) is 5.19. The molecule has 0 unspecified atom stereocenters. The van der Waals surface area contributed by atoms with Gasteiger partial charge in [-0.3, -0.25) is 4.57 Å². The third-order valence-electron chi connectivity index (χ3n) is 5.40. The zero-order valence-electron chi connectivity index (χ0n) is 16.2. The van der Waals surface area contributed by atoms with E-state index in [0.717, 1.165) is 16.9 Å². The predicted octanol–water partition coefficient (Wildman–Crippen LogP) is 7.33. The molecule has 5 aromatic rings. The van der Waals surface area contributed by atoms with E-state index in [2.05, 4.69) is 102 Å². The highest BCUT2D eigenvalue weighted by Crippen LogP contribution is 2.46. The van der Waals surface area contributed by atoms with Crippen LogP contribution >= 0.6 is 11.8 Å². The topological polar surface area (TPSA) is 17.8 Å². The lowest BCUT2D eigenvalue weighted by Crippen LogP contribution is -2.04. The molecular weight excluding hydrogens is 384 g/mol. The van der Waals surface area contributed by atoms with Gasteiger partial charge in [0.25, 0.3) is 0 Å². The van der Waals surface area contributed by atoms with Crippen LogP contribution in [0.2, 0.25) is 0 Å². The van der Waals surface area contributed by atoms with Gasteiger partial charge in [-0.25, -0.2) is 4.98 Å². The second kappa shape index (κ2) is 7.05. The van der Waals surface area contributed by atoms with Crippen molar-refractivity contribution in [3.63, 3.8) is 0 Å². The lowest BCUT2D eigenvalue weighted by Gasteiger charge is -2.22. The first-order chi connectivity index (χ1) is 14.9. The van der Waals surface area contributed by atoms with Gasteiger partial charge in [-0.1, -0.05) is 103 Å². The Balaban J connectivity index is 1.58. The van der Waals surface area contributed by atoms with E-state index in [1.165, 1.54) is 32.1 Å². The average Bonchev–Trinajstić information content (AvgIpc) is 3.21. The molecule has 6 rings (SSSR count). The number of nitrogens with zero attached hydrogens (tertiary/aromatic N) is 2. The first kappa shape index (κ1) is 17.3. The summed E-state index contributed by atoms with van der Waals surface area (Å²) in [7, 11) is 0. The normalized spacial score (nSPS) is 12.4. The third kappa shape index (κ3) is 2.78. The summed E-state index contributed by atoms with van der Waals surface area (Å²) in [5, 5.41) is 0. The van der Waals surface area contributed by atoms with E-state index in [9.17, 15) is 0 Å². The number of para-hydroxylation sites is 1. The summed E-state index contributed by atoms with van der Waals surface area (Å²) in [5.74, 6) is 0.990. The Hall–Kier alpha value is -3.56. The first-order valence-electron chi connectivity index (χ1n) is 10.00. The molecule has 142 valence electrons. The Morgan fingerprint density at radius 3 is 2.30 bits per heavy atom. The summed E-state index contributed by atoms with van der Waals surface area (Å²) in [4.78, 5) is 7.52. The molecule has 0 spiro atoms. The summed E-state index contributed by atoms with van der Waals surface area (Å²) in [5.41, 5.74) is 6.97. The molecule has 1 aliphatic rings. The van der Waals surface area contributed by atoms with Crippen LogP contribution in [0.3, 0.4) is 0 Å². The molecule has 0 N–H and O–H groups in total. The third-order valence-corrected chi connectivity index (χ3v) is 6.60. The van der Waals surface area contributed by atoms with E-state index in [0.29, 0.717) is 0 Å². The van der Waals surface area contributed by atoms with E-state index in [-0.39, 0.29) is 0 Å². The van der Waals surface area contributed by atoms with Crippen LogP contribution in [0.1, 0.15) is 11.1 Å². The van der Waals surface area contributed by atoms with Crippen LogP contribution in [0.5, 0.6) is 0 Å². The zero-order valence-corrected chi connectivity index (χ0v) is 17.0. The van der Waals surface area contributed by atoms with Crippen LogP contribution in [0, 0.1) is 0 Å². The van der Waals surface area contributed by atoms with Crippen molar-refractivity contribution in [2.24, 2.45) is 0 Å². The van der Waals surface area contributed by atoms with Crippen LogP contribution in [0.15, 0.2) is 107 Å². The molecule has 4 aromatic carbocycles. The lowest BCUT2D eigenvalue weighted by atomic mass is 10.1. The van der Waals surface area contributed by atoms with Crippen molar-refractivity contribution >= 4 is 34.9 Å². The van der Waals surface area contributed by atoms with Crippen molar-refractivity contribution in [3.8, 4) is 17.1 Å². The van der Waals surface area contributed by atoms with Gasteiger partial charge in [0, 0.05) is 15.4 Å². The van der Waals surface area contributed by atoms with Crippen LogP contribution in [-0.2, 0) is 0 Å². The SMILES string of the molecule is C(=C\c1cccc2c1Sc1cccc3nc(-c4ccccc4)n-2c13)/c1ccccc1. The second-order valence-corrected chi connectivity index (χ2v) is 8.35. The van der Waals surface area contributed by atoms with Crippen molar-refractivity contribution < 1.29 is 0 Å². The maximum Gasteiger partial charge on any atom is 0.145 e. The van der Waals surface area contributed by atoms with Gasteiger partial charge in [0.2, 0.25) is 0 Å². The van der Waals surface area contributed by atoms with E-state index in [1.807, 2.05) is 23.9 Å². The molecule has 0 bridgehead atoms. The zero-order chi connectivity index (χ0) is 19.9. The predicted molar refractivity (Wildman–Crippen MR) is 126 cm³/mol. The standard InChI is InChI=1S/C27H18N2S/c1-3-9-19(10-4-1)17-18-20-13-7-15-23-26(20)30-24-16-8-14-22-25(24)29(23)27(28-22)21-11-5-2-6-12-21/h1-18H/b18-17+. The summed E-state index contributed by atoms with van der Waals surface area (Å²) in [6, 6.07) is 33.8. The minimum atomic E-state index is 0.990. The molecule has 0 saturated heterocycles. The minimum Gasteiger partial charge on any atom is -0.290 e. The maximum absolute atomic E-state index is 5.01. The van der Waals surface area contributed by atoms with E-state index in [1.54, 1.807) is 0 Å². The Kier molecular flexibility index (Phi) is 4.07. The molecule has 1 aromatic heterocycles. The highest BCUT2D eigenvalue weighted by molar-refractivity contribution is 7.99. The van der Waals surface area contributed by atoms with Gasteiger partial charge >= 0.3 is 0 Å². The van der Waals surface area contributed by atoms with Crippen molar-refractivity contribution in [2.45, 2.75) is 9.79 Å². The summed E-state index contributed by atoms with van der Waals surface area (Å²) < 4.78 is 2.33. The molecule has 2 nitrogen and oxygen atoms in total. The fourth-order valence-electron chi connectivity index (χ4n) is 4.01. The van der Waals surface area contributed by atoms with Crippen LogP contribution < -0.4 is 0 Å². The highest BCUT2D eigenvalue weighted by atomic mass is 32.2. The van der Waals surface area contributed by atoms with Crippen molar-refractivity contribution in [2.75, 3.05) is 0 Å². The maximum atomic E-state index is 5.01. The van der Waals surface area contributed by atoms with Crippen LogP contribution in [0.25, 0.3) is 40.3 Å². The molecule has 0 radical (unpaired) electrons. The molecule has 0 saturated carbocycles. The number of hydrogen-bond donors (Lipinski definition) is 0. The van der Waals surface area contributed by atoms with Crippen molar-refractivity contribution in [1.29, 1.82) is 0 Å². The van der Waals surface area contributed by atoms with Crippen molar-refractivity contribution in [3.05, 3.63) is 108 Å². The lowest BCUT2D eigenvalue weighted by molar-refractivity contribution is 1.04. The van der Waals surface area contributed by atoms with Gasteiger partial charge < -0.3 is 0 Å². The van der Waals surface area contributed by atoms with Gasteiger partial charge in [0.05, 0.1) is 16.7 Å². The minimum absolute atomic E-state index is 0.990. The molecule has 0 atom stereocenters. The summed E-state index contributed by atoms with van der Waals surface area (Å²) >= 11 is 1.83. The Bertz CT molecular complexity index is 1400. The first-order valence-corrected chi connectivity index (χ1v) is 10.8. The van der Waals surface area contributed by atoms with E-state index in [4.69, 9.17) is 4.98 Å². The fraction of sp³-hybridized carbons (Fsp3) is 0. The van der Waals surface area contributed by atoms with Gasteiger partial charge in [0.15, 0.2) is 0 Å².